The first-order valence-electron chi connectivity index (χ1n) is 8.08. The molecule has 1 saturated heterocycles. The highest BCUT2D eigenvalue weighted by atomic mass is 127. The molecule has 0 radical (unpaired) electrons. The molecule has 1 heterocycles. The smallest absolute Gasteiger partial charge is 0.344 e. The lowest BCUT2D eigenvalue weighted by Crippen LogP contribution is -2.35. The molecule has 144 valence electrons. The van der Waals surface area contributed by atoms with E-state index in [1.807, 2.05) is 51.2 Å². The second-order valence-electron chi connectivity index (χ2n) is 5.89. The summed E-state index contributed by atoms with van der Waals surface area (Å²) in [4.78, 5) is 36.0. The average molecular weight is 604 g/mol. The molecule has 2 aromatic rings. The molecule has 2 amide bonds. The summed E-state index contributed by atoms with van der Waals surface area (Å²) < 4.78 is 6.84. The SMILES string of the molecule is C[C@H](Oc1c(I)cc(/C=C2/C(=O)NN(c3ccccc3)C2=O)cc1I)C(=O)O. The van der Waals surface area contributed by atoms with Crippen molar-refractivity contribution in [1.29, 1.82) is 0 Å². The Labute approximate surface area is 188 Å². The minimum absolute atomic E-state index is 0.0167. The molecular weight excluding hydrogens is 590 g/mol. The van der Waals surface area contributed by atoms with Crippen molar-refractivity contribution in [2.24, 2.45) is 0 Å². The first-order valence-corrected chi connectivity index (χ1v) is 10.2. The molecular formula is C19H14I2N2O5. The fraction of sp³-hybridized carbons (Fsp3) is 0.105. The number of carboxylic acids is 1. The summed E-state index contributed by atoms with van der Waals surface area (Å²) in [6, 6.07) is 12.3. The molecule has 1 atom stereocenters. The van der Waals surface area contributed by atoms with Gasteiger partial charge in [-0.15, -0.1) is 0 Å². The van der Waals surface area contributed by atoms with E-state index in [1.54, 1.807) is 36.4 Å². The van der Waals surface area contributed by atoms with Crippen LogP contribution in [0.3, 0.4) is 0 Å². The molecule has 0 unspecified atom stereocenters. The number of nitrogens with zero attached hydrogens (tertiary/aromatic N) is 1. The van der Waals surface area contributed by atoms with Gasteiger partial charge in [-0.1, -0.05) is 18.2 Å². The molecule has 0 spiro atoms. The summed E-state index contributed by atoms with van der Waals surface area (Å²) in [5, 5.41) is 10.2. The van der Waals surface area contributed by atoms with Gasteiger partial charge in [0.05, 0.1) is 12.8 Å². The number of anilines is 1. The molecule has 28 heavy (non-hydrogen) atoms. The van der Waals surface area contributed by atoms with Gasteiger partial charge < -0.3 is 9.84 Å². The van der Waals surface area contributed by atoms with Crippen LogP contribution in [0.1, 0.15) is 12.5 Å². The third kappa shape index (κ3) is 4.29. The Bertz CT molecular complexity index is 968. The van der Waals surface area contributed by atoms with Crippen LogP contribution in [0.2, 0.25) is 0 Å². The number of nitrogens with one attached hydrogen (secondary N) is 1. The van der Waals surface area contributed by atoms with E-state index in [0.29, 0.717) is 24.1 Å². The second kappa shape index (κ2) is 8.47. The zero-order chi connectivity index (χ0) is 20.4. The molecule has 3 rings (SSSR count). The number of hydrazine groups is 1. The summed E-state index contributed by atoms with van der Waals surface area (Å²) in [5.74, 6) is -1.54. The molecule has 1 aliphatic rings. The Hall–Kier alpha value is -2.15. The average Bonchev–Trinajstić information content (AvgIpc) is 2.93. The molecule has 9 heteroatoms. The number of carbonyl (C=O) groups is 3. The molecule has 0 saturated carbocycles. The molecule has 1 fully saturated rings. The highest BCUT2D eigenvalue weighted by Crippen LogP contribution is 2.31. The number of benzene rings is 2. The Balaban J connectivity index is 1.90. The zero-order valence-corrected chi connectivity index (χ0v) is 18.8. The van der Waals surface area contributed by atoms with Gasteiger partial charge in [-0.05, 0) is 88.0 Å². The minimum atomic E-state index is -1.06. The Morgan fingerprint density at radius 1 is 1.18 bits per heavy atom. The monoisotopic (exact) mass is 604 g/mol. The first kappa shape index (κ1) is 20.6. The lowest BCUT2D eigenvalue weighted by molar-refractivity contribution is -0.144. The predicted molar refractivity (Wildman–Crippen MR) is 120 cm³/mol. The van der Waals surface area contributed by atoms with Crippen LogP contribution in [-0.4, -0.2) is 29.0 Å². The van der Waals surface area contributed by atoms with Gasteiger partial charge in [0.15, 0.2) is 6.10 Å². The number of amides is 2. The van der Waals surface area contributed by atoms with Crippen molar-refractivity contribution in [3.8, 4) is 5.75 Å². The largest absolute Gasteiger partial charge is 0.479 e. The van der Waals surface area contributed by atoms with Gasteiger partial charge >= 0.3 is 5.97 Å². The molecule has 7 nitrogen and oxygen atoms in total. The van der Waals surface area contributed by atoms with Crippen molar-refractivity contribution in [1.82, 2.24) is 5.43 Å². The molecule has 2 N–H and O–H groups in total. The third-order valence-corrected chi connectivity index (χ3v) is 5.48. The molecule has 0 bridgehead atoms. The quantitative estimate of drug-likeness (QED) is 0.311. The van der Waals surface area contributed by atoms with Gasteiger partial charge in [-0.2, -0.15) is 0 Å². The lowest BCUT2D eigenvalue weighted by atomic mass is 10.1. The van der Waals surface area contributed by atoms with Gasteiger partial charge in [-0.3, -0.25) is 15.0 Å². The van der Waals surface area contributed by atoms with E-state index in [-0.39, 0.29) is 5.57 Å². The number of aliphatic carboxylic acids is 1. The van der Waals surface area contributed by atoms with Gasteiger partial charge in [0, 0.05) is 0 Å². The van der Waals surface area contributed by atoms with Crippen molar-refractivity contribution in [2.75, 3.05) is 5.01 Å². The summed E-state index contributed by atoms with van der Waals surface area (Å²) >= 11 is 4.06. The van der Waals surface area contributed by atoms with Crippen molar-refractivity contribution in [2.45, 2.75) is 13.0 Å². The van der Waals surface area contributed by atoms with E-state index in [1.165, 1.54) is 18.0 Å². The van der Waals surface area contributed by atoms with Crippen LogP contribution in [0.25, 0.3) is 6.08 Å². The zero-order valence-electron chi connectivity index (χ0n) is 14.5. The number of carbonyl (C=O) groups excluding carboxylic acids is 2. The van der Waals surface area contributed by atoms with E-state index in [2.05, 4.69) is 5.43 Å². The number of carboxylic acid groups (broad SMARTS) is 1. The Morgan fingerprint density at radius 2 is 1.79 bits per heavy atom. The van der Waals surface area contributed by atoms with Gasteiger partial charge in [-0.25, -0.2) is 9.80 Å². The normalized spacial score (nSPS) is 16.2. The van der Waals surface area contributed by atoms with E-state index in [4.69, 9.17) is 9.84 Å². The molecule has 1 aliphatic heterocycles. The maximum Gasteiger partial charge on any atom is 0.344 e. The van der Waals surface area contributed by atoms with Crippen LogP contribution in [-0.2, 0) is 14.4 Å². The number of rotatable bonds is 5. The molecule has 0 aliphatic carbocycles. The van der Waals surface area contributed by atoms with Crippen LogP contribution >= 0.6 is 45.2 Å². The number of hydrogen-bond donors (Lipinski definition) is 2. The molecule has 0 aromatic heterocycles. The third-order valence-electron chi connectivity index (χ3n) is 3.88. The van der Waals surface area contributed by atoms with Crippen molar-refractivity contribution < 1.29 is 24.2 Å². The van der Waals surface area contributed by atoms with Crippen LogP contribution in [0.4, 0.5) is 5.69 Å². The first-order chi connectivity index (χ1) is 13.3. The number of ether oxygens (including phenoxy) is 1. The van der Waals surface area contributed by atoms with Crippen LogP contribution in [0, 0.1) is 7.14 Å². The second-order valence-corrected chi connectivity index (χ2v) is 8.21. The minimum Gasteiger partial charge on any atom is -0.479 e. The van der Waals surface area contributed by atoms with E-state index >= 15 is 0 Å². The fourth-order valence-electron chi connectivity index (χ4n) is 2.49. The van der Waals surface area contributed by atoms with Crippen molar-refractivity contribution in [3.05, 3.63) is 60.7 Å². The van der Waals surface area contributed by atoms with E-state index in [9.17, 15) is 14.4 Å². The maximum absolute atomic E-state index is 12.7. The number of para-hydroxylation sites is 1. The van der Waals surface area contributed by atoms with Gasteiger partial charge in [0.1, 0.15) is 11.3 Å². The van der Waals surface area contributed by atoms with Crippen molar-refractivity contribution in [3.63, 3.8) is 0 Å². The molecule has 2 aromatic carbocycles. The summed E-state index contributed by atoms with van der Waals surface area (Å²) in [7, 11) is 0. The van der Waals surface area contributed by atoms with Crippen LogP contribution < -0.4 is 15.2 Å². The Kier molecular flexibility index (Phi) is 6.23. The van der Waals surface area contributed by atoms with Crippen molar-refractivity contribution >= 4 is 74.7 Å². The van der Waals surface area contributed by atoms with E-state index < -0.39 is 23.9 Å². The number of hydrogen-bond acceptors (Lipinski definition) is 4. The van der Waals surface area contributed by atoms with Crippen LogP contribution in [0.15, 0.2) is 48.0 Å². The summed E-state index contributed by atoms with van der Waals surface area (Å²) in [5.41, 5.74) is 3.77. The predicted octanol–water partition coefficient (Wildman–Crippen LogP) is 3.21. The standard InChI is InChI=1S/C19H14I2N2O5/c1-10(19(26)27)28-16-14(20)8-11(9-15(16)21)7-13-17(24)22-23(18(13)25)12-5-3-2-4-6-12/h2-10H,1H3,(H,22,24)(H,26,27)/b13-7-/t10-/m0/s1. The Morgan fingerprint density at radius 3 is 2.36 bits per heavy atom. The van der Waals surface area contributed by atoms with Crippen LogP contribution in [0.5, 0.6) is 5.75 Å². The summed E-state index contributed by atoms with van der Waals surface area (Å²) in [6.45, 7) is 1.45. The topological polar surface area (TPSA) is 95.9 Å². The van der Waals surface area contributed by atoms with Gasteiger partial charge in [0.25, 0.3) is 11.8 Å². The maximum atomic E-state index is 12.7. The lowest BCUT2D eigenvalue weighted by Gasteiger charge is -2.14. The number of halogens is 2. The van der Waals surface area contributed by atoms with E-state index in [0.717, 1.165) is 0 Å². The fourth-order valence-corrected chi connectivity index (χ4v) is 4.56. The summed E-state index contributed by atoms with van der Waals surface area (Å²) in [6.07, 6.45) is 0.517. The van der Waals surface area contributed by atoms with Gasteiger partial charge in [0.2, 0.25) is 0 Å². The highest BCUT2D eigenvalue weighted by molar-refractivity contribution is 14.1. The highest BCUT2D eigenvalue weighted by Gasteiger charge is 2.34.